The fraction of sp³-hybridized carbons (Fsp3) is 0.889. The van der Waals surface area contributed by atoms with Crippen LogP contribution in [0.15, 0.2) is 0 Å². The van der Waals surface area contributed by atoms with E-state index in [1.54, 1.807) is 13.8 Å². The summed E-state index contributed by atoms with van der Waals surface area (Å²) >= 11 is 0. The van der Waals surface area contributed by atoms with E-state index in [1.807, 2.05) is 0 Å². The Morgan fingerprint density at radius 2 is 2.00 bits per heavy atom. The number of carboxylic acid groups (broad SMARTS) is 1. The molecule has 96 valence electrons. The van der Waals surface area contributed by atoms with E-state index < -0.39 is 31.9 Å². The highest BCUT2D eigenvalue weighted by atomic mass is 32.2. The van der Waals surface area contributed by atoms with Gasteiger partial charge in [-0.1, -0.05) is 13.8 Å². The van der Waals surface area contributed by atoms with Crippen LogP contribution in [0.5, 0.6) is 0 Å². The predicted molar refractivity (Wildman–Crippen MR) is 63.7 cm³/mol. The molecule has 0 aromatic carbocycles. The first-order valence-corrected chi connectivity index (χ1v) is 8.28. The lowest BCUT2D eigenvalue weighted by atomic mass is 10.3. The quantitative estimate of drug-likeness (QED) is 0.690. The molecule has 0 amide bonds. The number of carbonyl (C=O) groups is 1. The number of aliphatic carboxylic acids is 1. The Morgan fingerprint density at radius 3 is 2.44 bits per heavy atom. The second kappa shape index (κ2) is 7.01. The van der Waals surface area contributed by atoms with Crippen LogP contribution in [-0.4, -0.2) is 46.2 Å². The molecule has 0 saturated heterocycles. The summed E-state index contributed by atoms with van der Waals surface area (Å²) in [7, 11) is -4.28. The van der Waals surface area contributed by atoms with Gasteiger partial charge in [0.05, 0.1) is 12.2 Å². The van der Waals surface area contributed by atoms with Crippen LogP contribution in [0.2, 0.25) is 0 Å². The highest BCUT2D eigenvalue weighted by molar-refractivity contribution is 7.91. The Labute approximate surface area is 98.6 Å². The first-order chi connectivity index (χ1) is 7.28. The van der Waals surface area contributed by atoms with Crippen molar-refractivity contribution < 1.29 is 22.5 Å². The summed E-state index contributed by atoms with van der Waals surface area (Å²) < 4.78 is 33.8. The number of hydrogen-bond acceptors (Lipinski definition) is 4. The van der Waals surface area contributed by atoms with Crippen LogP contribution in [0, 0.1) is 0 Å². The molecule has 0 bridgehead atoms. The zero-order chi connectivity index (χ0) is 12.8. The van der Waals surface area contributed by atoms with E-state index in [0.29, 0.717) is 6.42 Å². The average molecular weight is 270 g/mol. The van der Waals surface area contributed by atoms with Gasteiger partial charge in [-0.05, 0) is 6.42 Å². The van der Waals surface area contributed by atoms with Crippen LogP contribution in [0.4, 0.5) is 0 Å². The molecule has 0 aliphatic carbocycles. The van der Waals surface area contributed by atoms with Gasteiger partial charge in [-0.25, -0.2) is 8.42 Å². The maximum Gasteiger partial charge on any atom is 0.304 e. The molecule has 0 aliphatic heterocycles. The van der Waals surface area contributed by atoms with E-state index in [0.717, 1.165) is 0 Å². The summed E-state index contributed by atoms with van der Waals surface area (Å²) in [5.41, 5.74) is 0. The molecule has 0 radical (unpaired) electrons. The van der Waals surface area contributed by atoms with E-state index in [4.69, 9.17) is 5.11 Å². The van der Waals surface area contributed by atoms with Crippen LogP contribution < -0.4 is 0 Å². The molecule has 16 heavy (non-hydrogen) atoms. The summed E-state index contributed by atoms with van der Waals surface area (Å²) in [5, 5.41) is 8.07. The zero-order valence-electron chi connectivity index (χ0n) is 9.51. The second-order valence-corrected chi connectivity index (χ2v) is 8.03. The third-order valence-corrected chi connectivity index (χ3v) is 5.70. The van der Waals surface area contributed by atoms with Gasteiger partial charge >= 0.3 is 5.97 Å². The third-order valence-electron chi connectivity index (χ3n) is 2.15. The summed E-state index contributed by atoms with van der Waals surface area (Å²) in [6.07, 6.45) is 0.180. The normalized spacial score (nSPS) is 15.6. The van der Waals surface area contributed by atoms with Crippen molar-refractivity contribution in [1.29, 1.82) is 0 Å². The molecule has 1 N–H and O–H groups in total. The zero-order valence-corrected chi connectivity index (χ0v) is 11.1. The lowest BCUT2D eigenvalue weighted by Gasteiger charge is -2.08. The molecule has 0 fully saturated rings. The van der Waals surface area contributed by atoms with Gasteiger partial charge in [-0.15, -0.1) is 0 Å². The fourth-order valence-electron chi connectivity index (χ4n) is 1.11. The molecule has 2 atom stereocenters. The van der Waals surface area contributed by atoms with Crippen LogP contribution >= 0.6 is 0 Å². The van der Waals surface area contributed by atoms with Crippen LogP contribution in [0.3, 0.4) is 0 Å². The van der Waals surface area contributed by atoms with E-state index in [-0.39, 0.29) is 23.7 Å². The highest BCUT2D eigenvalue weighted by Gasteiger charge is 2.15. The predicted octanol–water partition coefficient (Wildman–Crippen LogP) is 0.423. The van der Waals surface area contributed by atoms with Gasteiger partial charge in [-0.2, -0.15) is 0 Å². The van der Waals surface area contributed by atoms with Gasteiger partial charge in [0.1, 0.15) is 9.84 Å². The molecule has 0 saturated carbocycles. The Kier molecular flexibility index (Phi) is 6.82. The SMILES string of the molecule is CCS(=O)(=O)CCCS(=O)C(C)CC(=O)O. The van der Waals surface area contributed by atoms with Crippen LogP contribution in [-0.2, 0) is 25.4 Å². The van der Waals surface area contributed by atoms with Crippen molar-refractivity contribution in [3.63, 3.8) is 0 Å². The Bertz CT molecular complexity index is 347. The second-order valence-electron chi connectivity index (χ2n) is 3.58. The molecular formula is C9H18O5S2. The lowest BCUT2D eigenvalue weighted by Crippen LogP contribution is -2.20. The summed E-state index contributed by atoms with van der Waals surface area (Å²) in [4.78, 5) is 10.4. The number of rotatable bonds is 8. The molecule has 0 heterocycles. The molecule has 0 aliphatic rings. The third kappa shape index (κ3) is 6.95. The smallest absolute Gasteiger partial charge is 0.304 e. The minimum Gasteiger partial charge on any atom is -0.481 e. The minimum absolute atomic E-state index is 0.0228. The Hall–Kier alpha value is -0.430. The van der Waals surface area contributed by atoms with Crippen LogP contribution in [0.25, 0.3) is 0 Å². The molecule has 0 aromatic rings. The van der Waals surface area contributed by atoms with Crippen molar-refractivity contribution in [2.75, 3.05) is 17.3 Å². The Balaban J connectivity index is 3.95. The van der Waals surface area contributed by atoms with E-state index in [9.17, 15) is 17.4 Å². The van der Waals surface area contributed by atoms with Gasteiger partial charge in [0.25, 0.3) is 0 Å². The van der Waals surface area contributed by atoms with Crippen LogP contribution in [0.1, 0.15) is 26.7 Å². The van der Waals surface area contributed by atoms with E-state index in [2.05, 4.69) is 0 Å². The number of carboxylic acids is 1. The first kappa shape index (κ1) is 15.6. The molecule has 7 heteroatoms. The number of sulfone groups is 1. The summed E-state index contributed by atoms with van der Waals surface area (Å²) in [5.74, 6) is -0.630. The van der Waals surface area contributed by atoms with Gasteiger partial charge in [0, 0.05) is 27.6 Å². The van der Waals surface area contributed by atoms with Crippen molar-refractivity contribution in [2.24, 2.45) is 0 Å². The average Bonchev–Trinajstić information content (AvgIpc) is 2.16. The van der Waals surface area contributed by atoms with E-state index >= 15 is 0 Å². The maximum absolute atomic E-state index is 11.5. The van der Waals surface area contributed by atoms with Crippen molar-refractivity contribution in [2.45, 2.75) is 31.9 Å². The van der Waals surface area contributed by atoms with Crippen molar-refractivity contribution in [3.8, 4) is 0 Å². The molecule has 0 aromatic heterocycles. The largest absolute Gasteiger partial charge is 0.481 e. The highest BCUT2D eigenvalue weighted by Crippen LogP contribution is 2.04. The maximum atomic E-state index is 11.5. The van der Waals surface area contributed by atoms with Crippen molar-refractivity contribution in [1.82, 2.24) is 0 Å². The van der Waals surface area contributed by atoms with E-state index in [1.165, 1.54) is 0 Å². The van der Waals surface area contributed by atoms with Crippen molar-refractivity contribution in [3.05, 3.63) is 0 Å². The first-order valence-electron chi connectivity index (χ1n) is 5.08. The minimum atomic E-state index is -3.01. The lowest BCUT2D eigenvalue weighted by molar-refractivity contribution is -0.136. The van der Waals surface area contributed by atoms with Gasteiger partial charge in [-0.3, -0.25) is 9.00 Å². The molecule has 0 spiro atoms. The summed E-state index contributed by atoms with van der Waals surface area (Å²) in [6.45, 7) is 3.16. The molecule has 5 nitrogen and oxygen atoms in total. The van der Waals surface area contributed by atoms with Gasteiger partial charge < -0.3 is 5.11 Å². The Morgan fingerprint density at radius 1 is 1.44 bits per heavy atom. The topological polar surface area (TPSA) is 88.5 Å². The van der Waals surface area contributed by atoms with Gasteiger partial charge in [0.2, 0.25) is 0 Å². The monoisotopic (exact) mass is 270 g/mol. The molecular weight excluding hydrogens is 252 g/mol. The number of hydrogen-bond donors (Lipinski definition) is 1. The van der Waals surface area contributed by atoms with Gasteiger partial charge in [0.15, 0.2) is 0 Å². The van der Waals surface area contributed by atoms with Crippen molar-refractivity contribution >= 4 is 26.6 Å². The fourth-order valence-corrected chi connectivity index (χ4v) is 3.32. The standard InChI is InChI=1S/C9H18O5S2/c1-3-16(13,14)6-4-5-15(12)8(2)7-9(10)11/h8H,3-7H2,1-2H3,(H,10,11). The molecule has 0 rings (SSSR count). The summed E-state index contributed by atoms with van der Waals surface area (Å²) in [6, 6.07) is 0. The molecule has 2 unspecified atom stereocenters.